The van der Waals surface area contributed by atoms with E-state index in [2.05, 4.69) is 20.3 Å². The Hall–Kier alpha value is -3.84. The number of nitrogens with zero attached hydrogens (tertiary/aromatic N) is 4. The van der Waals surface area contributed by atoms with Crippen LogP contribution < -0.4 is 10.2 Å². The van der Waals surface area contributed by atoms with Gasteiger partial charge < -0.3 is 15.2 Å². The number of rotatable bonds is 4. The Morgan fingerprint density at radius 2 is 1.58 bits per heavy atom. The molecule has 2 N–H and O–H groups in total. The molecule has 2 saturated heterocycles. The second-order valence-corrected chi connectivity index (χ2v) is 9.25. The summed E-state index contributed by atoms with van der Waals surface area (Å²) in [4.78, 5) is 41.0. The predicted octanol–water partition coefficient (Wildman–Crippen LogP) is 4.59. The Labute approximate surface area is 212 Å². The number of fused-ring (bicyclic) bond motifs is 1. The number of aromatic nitrogens is 3. The summed E-state index contributed by atoms with van der Waals surface area (Å²) in [5, 5.41) is 3.20. The normalized spacial score (nSPS) is 21.3. The molecule has 0 spiro atoms. The molecular weight excluding hydrogens is 518 g/mol. The summed E-state index contributed by atoms with van der Waals surface area (Å²) in [5.41, 5.74) is -2.88. The van der Waals surface area contributed by atoms with E-state index in [4.69, 9.17) is 0 Å². The molecule has 8 nitrogen and oxygen atoms in total. The number of likely N-dealkylation sites (tertiary alicyclic amines) is 1. The molecule has 2 aliphatic rings. The summed E-state index contributed by atoms with van der Waals surface area (Å²) in [6.45, 7) is 0.613. The fourth-order valence-electron chi connectivity index (χ4n) is 5.01. The van der Waals surface area contributed by atoms with Crippen molar-refractivity contribution in [1.29, 1.82) is 0 Å². The lowest BCUT2D eigenvalue weighted by molar-refractivity contribution is -0.143. The Morgan fingerprint density at radius 3 is 2.26 bits per heavy atom. The number of carbonyl (C=O) groups is 2. The van der Waals surface area contributed by atoms with Gasteiger partial charge in [0, 0.05) is 25.0 Å². The van der Waals surface area contributed by atoms with Gasteiger partial charge in [0.1, 0.15) is 29.9 Å². The van der Waals surface area contributed by atoms with E-state index in [1.165, 1.54) is 16.1 Å². The van der Waals surface area contributed by atoms with E-state index < -0.39 is 47.2 Å². The van der Waals surface area contributed by atoms with Crippen molar-refractivity contribution in [3.05, 3.63) is 47.9 Å². The van der Waals surface area contributed by atoms with Crippen LogP contribution in [0.25, 0.3) is 11.0 Å². The lowest BCUT2D eigenvalue weighted by Crippen LogP contribution is -2.59. The highest BCUT2D eigenvalue weighted by molar-refractivity contribution is 6.04. The highest BCUT2D eigenvalue weighted by atomic mass is 19.4. The van der Waals surface area contributed by atoms with Gasteiger partial charge in [-0.05, 0) is 49.9 Å². The zero-order valence-corrected chi connectivity index (χ0v) is 19.7. The van der Waals surface area contributed by atoms with Crippen molar-refractivity contribution in [2.45, 2.75) is 50.1 Å². The van der Waals surface area contributed by atoms with E-state index in [1.54, 1.807) is 12.3 Å². The molecule has 1 unspecified atom stereocenters. The van der Waals surface area contributed by atoms with Gasteiger partial charge in [-0.15, -0.1) is 0 Å². The summed E-state index contributed by atoms with van der Waals surface area (Å²) in [6.07, 6.45) is -5.50. The number of carbonyl (C=O) groups excluding carboxylic acids is 2. The smallest absolute Gasteiger partial charge is 0.374 e. The van der Waals surface area contributed by atoms with Crippen molar-refractivity contribution in [3.63, 3.8) is 0 Å². The molecule has 2 aliphatic heterocycles. The first-order valence-electron chi connectivity index (χ1n) is 11.9. The highest BCUT2D eigenvalue weighted by Gasteiger charge is 2.42. The van der Waals surface area contributed by atoms with Crippen LogP contribution in [0.3, 0.4) is 0 Å². The van der Waals surface area contributed by atoms with E-state index in [0.29, 0.717) is 54.8 Å². The van der Waals surface area contributed by atoms with Gasteiger partial charge in [0.2, 0.25) is 5.91 Å². The van der Waals surface area contributed by atoms with E-state index in [9.17, 15) is 35.9 Å². The first-order valence-corrected chi connectivity index (χ1v) is 11.9. The van der Waals surface area contributed by atoms with E-state index in [1.807, 2.05) is 0 Å². The van der Waals surface area contributed by atoms with Gasteiger partial charge in [-0.25, -0.2) is 9.97 Å². The molecule has 2 atom stereocenters. The zero-order valence-electron chi connectivity index (χ0n) is 19.7. The molecule has 5 rings (SSSR count). The topological polar surface area (TPSA) is 94.2 Å². The van der Waals surface area contributed by atoms with Gasteiger partial charge in [0.15, 0.2) is 0 Å². The largest absolute Gasteiger partial charge is 0.416 e. The third-order valence-electron chi connectivity index (χ3n) is 6.78. The molecule has 38 heavy (non-hydrogen) atoms. The van der Waals surface area contributed by atoms with Crippen LogP contribution in [-0.2, 0) is 21.9 Å². The van der Waals surface area contributed by atoms with E-state index in [-0.39, 0.29) is 24.9 Å². The number of nitrogens with one attached hydrogen (secondary N) is 2. The molecule has 14 heteroatoms. The van der Waals surface area contributed by atoms with Gasteiger partial charge >= 0.3 is 12.4 Å². The number of benzene rings is 1. The summed E-state index contributed by atoms with van der Waals surface area (Å²) in [6, 6.07) is 0.935. The lowest BCUT2D eigenvalue weighted by atomic mass is 9.96. The maximum absolute atomic E-state index is 13.5. The minimum Gasteiger partial charge on any atom is -0.374 e. The lowest BCUT2D eigenvalue weighted by Gasteiger charge is -2.42. The Bertz CT molecular complexity index is 1340. The third kappa shape index (κ3) is 4.86. The second kappa shape index (κ2) is 9.48. The number of aromatic amines is 1. The molecule has 1 aromatic carbocycles. The average molecular weight is 540 g/mol. The number of hydrogen-bond donors (Lipinski definition) is 2. The SMILES string of the molecule is O=C1[C@H](N2CCCC(Nc3cc(C(F)(F)F)cc(C(F)(F)F)c3)C2=O)CCCN1c1ncnc2[nH]ccc12. The molecule has 2 aromatic heterocycles. The molecule has 0 radical (unpaired) electrons. The summed E-state index contributed by atoms with van der Waals surface area (Å²) < 4.78 is 79.6. The first kappa shape index (κ1) is 25.8. The Kier molecular flexibility index (Phi) is 6.43. The minimum atomic E-state index is -5.01. The molecule has 202 valence electrons. The van der Waals surface area contributed by atoms with Gasteiger partial charge in [0.25, 0.3) is 5.91 Å². The van der Waals surface area contributed by atoms with E-state index in [0.717, 1.165) is 0 Å². The fraction of sp³-hybridized carbons (Fsp3) is 0.417. The van der Waals surface area contributed by atoms with Gasteiger partial charge in [-0.2, -0.15) is 26.3 Å². The van der Waals surface area contributed by atoms with Crippen LogP contribution in [-0.4, -0.2) is 56.8 Å². The van der Waals surface area contributed by atoms with Gasteiger partial charge in [0.05, 0.1) is 16.5 Å². The minimum absolute atomic E-state index is 0.0318. The van der Waals surface area contributed by atoms with Crippen molar-refractivity contribution in [2.24, 2.45) is 0 Å². The first-order chi connectivity index (χ1) is 17.9. The molecule has 2 amide bonds. The van der Waals surface area contributed by atoms with Crippen LogP contribution >= 0.6 is 0 Å². The van der Waals surface area contributed by atoms with Crippen LogP contribution in [0.2, 0.25) is 0 Å². The number of amides is 2. The molecule has 0 saturated carbocycles. The fourth-order valence-corrected chi connectivity index (χ4v) is 5.01. The number of hydrogen-bond acceptors (Lipinski definition) is 5. The second-order valence-electron chi connectivity index (χ2n) is 9.25. The summed E-state index contributed by atoms with van der Waals surface area (Å²) in [7, 11) is 0. The molecular formula is C24H22F6N6O2. The van der Waals surface area contributed by atoms with E-state index >= 15 is 0 Å². The van der Waals surface area contributed by atoms with Crippen molar-refractivity contribution in [2.75, 3.05) is 23.3 Å². The van der Waals surface area contributed by atoms with Crippen molar-refractivity contribution >= 4 is 34.4 Å². The third-order valence-corrected chi connectivity index (χ3v) is 6.78. The highest BCUT2D eigenvalue weighted by Crippen LogP contribution is 2.38. The van der Waals surface area contributed by atoms with Crippen molar-refractivity contribution < 1.29 is 35.9 Å². The predicted molar refractivity (Wildman–Crippen MR) is 124 cm³/mol. The van der Waals surface area contributed by atoms with Crippen molar-refractivity contribution in [3.8, 4) is 0 Å². The number of anilines is 2. The number of H-pyrrole nitrogens is 1. The maximum Gasteiger partial charge on any atom is 0.416 e. The molecule has 2 fully saturated rings. The zero-order chi connectivity index (χ0) is 27.2. The average Bonchev–Trinajstić information content (AvgIpc) is 3.34. The summed E-state index contributed by atoms with van der Waals surface area (Å²) in [5.74, 6) is -0.518. The Morgan fingerprint density at radius 1 is 0.895 bits per heavy atom. The van der Waals surface area contributed by atoms with Gasteiger partial charge in [-0.3, -0.25) is 14.5 Å². The Balaban J connectivity index is 1.38. The number of alkyl halides is 6. The van der Waals surface area contributed by atoms with Crippen LogP contribution in [0.4, 0.5) is 37.8 Å². The van der Waals surface area contributed by atoms with Crippen LogP contribution in [0.15, 0.2) is 36.8 Å². The monoisotopic (exact) mass is 540 g/mol. The molecule has 0 bridgehead atoms. The maximum atomic E-state index is 13.5. The quantitative estimate of drug-likeness (QED) is 0.472. The van der Waals surface area contributed by atoms with Crippen molar-refractivity contribution in [1.82, 2.24) is 19.9 Å². The standard InChI is InChI=1S/C24H22F6N6O2/c25-23(26,27)13-9-14(24(28,29)30)11-15(10-13)34-17-3-1-7-35(21(17)37)18-4-2-8-36(22(18)38)20-16-5-6-31-19(16)32-12-33-20/h5-6,9-12,17-18,34H,1-4,7-8H2,(H,31,32,33)/t17?,18-/m1/s1. The van der Waals surface area contributed by atoms with Crippen LogP contribution in [0.1, 0.15) is 36.8 Å². The summed E-state index contributed by atoms with van der Waals surface area (Å²) >= 11 is 0. The molecule has 4 heterocycles. The molecule has 3 aromatic rings. The number of halogens is 6. The molecule has 0 aliphatic carbocycles. The number of piperidine rings is 2. The van der Waals surface area contributed by atoms with Crippen LogP contribution in [0.5, 0.6) is 0 Å². The van der Waals surface area contributed by atoms with Crippen LogP contribution in [0, 0.1) is 0 Å². The van der Waals surface area contributed by atoms with Gasteiger partial charge in [-0.1, -0.05) is 0 Å².